The summed E-state index contributed by atoms with van der Waals surface area (Å²) in [4.78, 5) is 10.4. The van der Waals surface area contributed by atoms with Gasteiger partial charge in [0.1, 0.15) is 0 Å². The van der Waals surface area contributed by atoms with Gasteiger partial charge in [0.25, 0.3) is 0 Å². The molecule has 100 valence electrons. The normalized spacial score (nSPS) is 10.4. The largest absolute Gasteiger partial charge is 0.378 e. The number of benzene rings is 1. The third-order valence-corrected chi connectivity index (χ3v) is 2.90. The van der Waals surface area contributed by atoms with Crippen LogP contribution in [0.1, 0.15) is 5.69 Å². The lowest BCUT2D eigenvalue weighted by Crippen LogP contribution is -2.08. The second-order valence-corrected chi connectivity index (χ2v) is 4.49. The molecule has 0 saturated heterocycles. The minimum absolute atomic E-state index is 0.221. The van der Waals surface area contributed by atoms with Crippen LogP contribution in [0.15, 0.2) is 24.3 Å². The number of halogens is 1. The van der Waals surface area contributed by atoms with Gasteiger partial charge in [-0.3, -0.25) is 0 Å². The summed E-state index contributed by atoms with van der Waals surface area (Å²) in [6, 6.07) is 7.83. The van der Waals surface area contributed by atoms with E-state index in [0.29, 0.717) is 11.5 Å². The van der Waals surface area contributed by atoms with E-state index in [1.54, 1.807) is 14.0 Å². The molecule has 2 rings (SSSR count). The molecule has 19 heavy (non-hydrogen) atoms. The van der Waals surface area contributed by atoms with Crippen molar-refractivity contribution in [3.63, 3.8) is 0 Å². The summed E-state index contributed by atoms with van der Waals surface area (Å²) in [7, 11) is 5.60. The summed E-state index contributed by atoms with van der Waals surface area (Å²) in [6.45, 7) is 1.63. The third kappa shape index (κ3) is 2.65. The standard InChI is InChI=1S/C14H17FN4/c1-9-12(15)14(16-2)18-13(17-9)10-5-7-11(8-6-10)19(3)4/h5-8H,1-4H3,(H,16,17,18). The average Bonchev–Trinajstić information content (AvgIpc) is 2.41. The van der Waals surface area contributed by atoms with Crippen LogP contribution in [0, 0.1) is 12.7 Å². The maximum atomic E-state index is 13.7. The molecular formula is C14H17FN4. The lowest BCUT2D eigenvalue weighted by Gasteiger charge is -2.13. The number of anilines is 2. The van der Waals surface area contributed by atoms with Gasteiger partial charge in [-0.15, -0.1) is 0 Å². The molecule has 0 fully saturated rings. The van der Waals surface area contributed by atoms with Gasteiger partial charge in [0.15, 0.2) is 17.5 Å². The molecule has 1 aromatic heterocycles. The van der Waals surface area contributed by atoms with Gasteiger partial charge in [0.05, 0.1) is 5.69 Å². The first-order valence-electron chi connectivity index (χ1n) is 6.02. The maximum Gasteiger partial charge on any atom is 0.186 e. The molecule has 0 bridgehead atoms. The highest BCUT2D eigenvalue weighted by Crippen LogP contribution is 2.22. The van der Waals surface area contributed by atoms with Crippen LogP contribution in [-0.2, 0) is 0 Å². The minimum atomic E-state index is -0.406. The topological polar surface area (TPSA) is 41.1 Å². The molecule has 0 radical (unpaired) electrons. The van der Waals surface area contributed by atoms with E-state index >= 15 is 0 Å². The molecule has 0 saturated carbocycles. The molecule has 1 N–H and O–H groups in total. The van der Waals surface area contributed by atoms with E-state index in [1.165, 1.54) is 0 Å². The fourth-order valence-electron chi connectivity index (χ4n) is 1.76. The van der Waals surface area contributed by atoms with Gasteiger partial charge < -0.3 is 10.2 Å². The monoisotopic (exact) mass is 260 g/mol. The smallest absolute Gasteiger partial charge is 0.186 e. The van der Waals surface area contributed by atoms with E-state index in [0.717, 1.165) is 11.3 Å². The Balaban J connectivity index is 2.44. The summed E-state index contributed by atoms with van der Waals surface area (Å²) < 4.78 is 13.7. The van der Waals surface area contributed by atoms with E-state index in [9.17, 15) is 4.39 Å². The van der Waals surface area contributed by atoms with Crippen molar-refractivity contribution in [3.05, 3.63) is 35.8 Å². The molecule has 0 aliphatic rings. The zero-order chi connectivity index (χ0) is 14.0. The Hall–Kier alpha value is -2.17. The SMILES string of the molecule is CNc1nc(-c2ccc(N(C)C)cc2)nc(C)c1F. The molecular weight excluding hydrogens is 243 g/mol. The predicted octanol–water partition coefficient (Wildman–Crippen LogP) is 2.70. The van der Waals surface area contributed by atoms with Crippen molar-refractivity contribution in [2.45, 2.75) is 6.92 Å². The fraction of sp³-hybridized carbons (Fsp3) is 0.286. The molecule has 1 heterocycles. The lowest BCUT2D eigenvalue weighted by atomic mass is 10.2. The highest BCUT2D eigenvalue weighted by atomic mass is 19.1. The molecule has 2 aromatic rings. The third-order valence-electron chi connectivity index (χ3n) is 2.90. The van der Waals surface area contributed by atoms with Crippen LogP contribution < -0.4 is 10.2 Å². The van der Waals surface area contributed by atoms with Crippen molar-refractivity contribution in [2.24, 2.45) is 0 Å². The summed E-state index contributed by atoms with van der Waals surface area (Å²) in [6.07, 6.45) is 0. The second kappa shape index (κ2) is 5.22. The van der Waals surface area contributed by atoms with Crippen molar-refractivity contribution in [3.8, 4) is 11.4 Å². The number of rotatable bonds is 3. The summed E-state index contributed by atoms with van der Waals surface area (Å²) in [5, 5.41) is 2.74. The Morgan fingerprint density at radius 3 is 2.26 bits per heavy atom. The van der Waals surface area contributed by atoms with Gasteiger partial charge in [-0.05, 0) is 31.2 Å². The van der Waals surface area contributed by atoms with E-state index in [4.69, 9.17) is 0 Å². The first-order valence-corrected chi connectivity index (χ1v) is 6.02. The Kier molecular flexibility index (Phi) is 3.64. The highest BCUT2D eigenvalue weighted by molar-refractivity contribution is 5.61. The molecule has 1 aromatic carbocycles. The van der Waals surface area contributed by atoms with Gasteiger partial charge in [-0.2, -0.15) is 0 Å². The van der Waals surface area contributed by atoms with E-state index < -0.39 is 5.82 Å². The molecule has 0 amide bonds. The van der Waals surface area contributed by atoms with Crippen LogP contribution in [0.4, 0.5) is 15.9 Å². The lowest BCUT2D eigenvalue weighted by molar-refractivity contribution is 0.607. The summed E-state index contributed by atoms with van der Waals surface area (Å²) in [5.41, 5.74) is 2.30. The highest BCUT2D eigenvalue weighted by Gasteiger charge is 2.11. The quantitative estimate of drug-likeness (QED) is 0.921. The number of aryl methyl sites for hydroxylation is 1. The van der Waals surface area contributed by atoms with Crippen LogP contribution >= 0.6 is 0 Å². The van der Waals surface area contributed by atoms with Gasteiger partial charge in [-0.1, -0.05) is 0 Å². The second-order valence-electron chi connectivity index (χ2n) is 4.49. The van der Waals surface area contributed by atoms with Crippen molar-refractivity contribution < 1.29 is 4.39 Å². The summed E-state index contributed by atoms with van der Waals surface area (Å²) in [5.74, 6) is 0.337. The van der Waals surface area contributed by atoms with Crippen LogP contribution in [-0.4, -0.2) is 31.1 Å². The molecule has 0 aliphatic carbocycles. The van der Waals surface area contributed by atoms with Crippen molar-refractivity contribution in [2.75, 3.05) is 31.4 Å². The van der Waals surface area contributed by atoms with Gasteiger partial charge in [0.2, 0.25) is 0 Å². The van der Waals surface area contributed by atoms with Crippen molar-refractivity contribution >= 4 is 11.5 Å². The number of nitrogens with zero attached hydrogens (tertiary/aromatic N) is 3. The van der Waals surface area contributed by atoms with Gasteiger partial charge >= 0.3 is 0 Å². The molecule has 0 unspecified atom stereocenters. The van der Waals surface area contributed by atoms with Gasteiger partial charge in [0, 0.05) is 32.4 Å². The number of nitrogens with one attached hydrogen (secondary N) is 1. The van der Waals surface area contributed by atoms with E-state index in [-0.39, 0.29) is 5.82 Å². The molecule has 5 heteroatoms. The average molecular weight is 260 g/mol. The van der Waals surface area contributed by atoms with Crippen LogP contribution in [0.3, 0.4) is 0 Å². The molecule has 4 nitrogen and oxygen atoms in total. The number of aromatic nitrogens is 2. The summed E-state index contributed by atoms with van der Waals surface area (Å²) >= 11 is 0. The molecule has 0 atom stereocenters. The zero-order valence-corrected chi connectivity index (χ0v) is 11.5. The molecule has 0 spiro atoms. The van der Waals surface area contributed by atoms with Crippen molar-refractivity contribution in [1.82, 2.24) is 9.97 Å². The van der Waals surface area contributed by atoms with Crippen LogP contribution in [0.25, 0.3) is 11.4 Å². The van der Waals surface area contributed by atoms with E-state index in [1.807, 2.05) is 43.3 Å². The first-order chi connectivity index (χ1) is 9.02. The van der Waals surface area contributed by atoms with Gasteiger partial charge in [-0.25, -0.2) is 14.4 Å². The van der Waals surface area contributed by atoms with E-state index in [2.05, 4.69) is 15.3 Å². The Labute approximate surface area is 112 Å². The number of hydrogen-bond acceptors (Lipinski definition) is 4. The zero-order valence-electron chi connectivity index (χ0n) is 11.5. The molecule has 0 aliphatic heterocycles. The van der Waals surface area contributed by atoms with Crippen LogP contribution in [0.5, 0.6) is 0 Å². The Morgan fingerprint density at radius 1 is 1.11 bits per heavy atom. The van der Waals surface area contributed by atoms with Crippen LogP contribution in [0.2, 0.25) is 0 Å². The maximum absolute atomic E-state index is 13.7. The Bertz CT molecular complexity index is 579. The predicted molar refractivity (Wildman–Crippen MR) is 76.0 cm³/mol. The minimum Gasteiger partial charge on any atom is -0.378 e. The van der Waals surface area contributed by atoms with Crippen molar-refractivity contribution in [1.29, 1.82) is 0 Å². The Morgan fingerprint density at radius 2 is 1.74 bits per heavy atom. The fourth-order valence-corrected chi connectivity index (χ4v) is 1.76. The first kappa shape index (κ1) is 13.3. The number of hydrogen-bond donors (Lipinski definition) is 1.